The third-order valence-corrected chi connectivity index (χ3v) is 4.68. The van der Waals surface area contributed by atoms with E-state index in [4.69, 9.17) is 14.6 Å². The second-order valence-electron chi connectivity index (χ2n) is 3.15. The van der Waals surface area contributed by atoms with Crippen molar-refractivity contribution < 1.29 is 8.85 Å². The zero-order valence-electron chi connectivity index (χ0n) is 8.54. The normalized spacial score (nSPS) is 16.5. The second-order valence-corrected chi connectivity index (χ2v) is 5.69. The van der Waals surface area contributed by atoms with Gasteiger partial charge in [0.05, 0.1) is 0 Å². The first-order valence-corrected chi connectivity index (χ1v) is 6.09. The van der Waals surface area contributed by atoms with Gasteiger partial charge in [-0.25, -0.2) is 0 Å². The molecule has 0 fully saturated rings. The average molecular weight is 191 g/mol. The minimum atomic E-state index is -1.51. The van der Waals surface area contributed by atoms with E-state index in [1.807, 2.05) is 6.92 Å². The van der Waals surface area contributed by atoms with Gasteiger partial charge in [-0.05, 0) is 13.3 Å². The Balaban J connectivity index is 4.05. The van der Waals surface area contributed by atoms with Gasteiger partial charge < -0.3 is 14.6 Å². The highest BCUT2D eigenvalue weighted by atomic mass is 28.3. The molecule has 0 radical (unpaired) electrons. The molecule has 0 aliphatic rings. The summed E-state index contributed by atoms with van der Waals surface area (Å²) in [5, 5.41) is 0. The van der Waals surface area contributed by atoms with Crippen LogP contribution in [0.3, 0.4) is 0 Å². The number of hydrogen-bond donors (Lipinski definition) is 1. The molecule has 0 saturated heterocycles. The molecule has 0 heterocycles. The van der Waals surface area contributed by atoms with Gasteiger partial charge in [0.1, 0.15) is 0 Å². The van der Waals surface area contributed by atoms with Crippen molar-refractivity contribution in [1.29, 1.82) is 0 Å². The fraction of sp³-hybridized carbons (Fsp3) is 1.00. The molecule has 0 bridgehead atoms. The van der Waals surface area contributed by atoms with E-state index < -0.39 is 9.28 Å². The fourth-order valence-corrected chi connectivity index (χ4v) is 3.42. The molecule has 2 atom stereocenters. The minimum absolute atomic E-state index is 0.182. The highest BCUT2D eigenvalue weighted by molar-refractivity contribution is 6.46. The molecule has 12 heavy (non-hydrogen) atoms. The lowest BCUT2D eigenvalue weighted by atomic mass is 10.1. The summed E-state index contributed by atoms with van der Waals surface area (Å²) in [4.78, 5) is 0. The molecule has 0 spiro atoms. The average Bonchev–Trinajstić information content (AvgIpc) is 2.05. The largest absolute Gasteiger partial charge is 0.400 e. The van der Waals surface area contributed by atoms with Gasteiger partial charge in [-0.3, -0.25) is 0 Å². The summed E-state index contributed by atoms with van der Waals surface area (Å²) in [5.41, 5.74) is 6.28. The van der Waals surface area contributed by atoms with Crippen LogP contribution in [0, 0.1) is 0 Å². The van der Waals surface area contributed by atoms with Crippen LogP contribution in [-0.4, -0.2) is 29.5 Å². The predicted octanol–water partition coefficient (Wildman–Crippen LogP) is 1.02. The Morgan fingerprint density at radius 1 is 1.33 bits per heavy atom. The van der Waals surface area contributed by atoms with Crippen molar-refractivity contribution in [3.05, 3.63) is 0 Å². The quantitative estimate of drug-likeness (QED) is 0.637. The number of hydrogen-bond acceptors (Lipinski definition) is 3. The fourth-order valence-electron chi connectivity index (χ4n) is 1.43. The van der Waals surface area contributed by atoms with E-state index in [9.17, 15) is 0 Å². The molecular weight excluding hydrogens is 170 g/mol. The highest BCUT2D eigenvalue weighted by Crippen LogP contribution is 2.21. The summed E-state index contributed by atoms with van der Waals surface area (Å²) >= 11 is 0. The molecule has 0 rings (SSSR count). The summed E-state index contributed by atoms with van der Waals surface area (Å²) in [5.74, 6) is 0. The highest BCUT2D eigenvalue weighted by Gasteiger charge is 2.26. The zero-order chi connectivity index (χ0) is 9.56. The standard InChI is InChI=1S/C8H21NO2Si/c1-5-6-8(7(2)9)12(10-3)11-4/h7-8,12H,5-6,9H2,1-4H3. The third kappa shape index (κ3) is 3.67. The van der Waals surface area contributed by atoms with Crippen LogP contribution in [0.5, 0.6) is 0 Å². The number of rotatable bonds is 6. The molecule has 2 unspecified atom stereocenters. The monoisotopic (exact) mass is 191 g/mol. The Morgan fingerprint density at radius 3 is 2.08 bits per heavy atom. The maximum absolute atomic E-state index is 5.85. The van der Waals surface area contributed by atoms with E-state index in [1.54, 1.807) is 14.2 Å². The molecule has 3 nitrogen and oxygen atoms in total. The topological polar surface area (TPSA) is 44.5 Å². The van der Waals surface area contributed by atoms with Gasteiger partial charge in [0.25, 0.3) is 0 Å². The van der Waals surface area contributed by atoms with E-state index in [0.29, 0.717) is 5.54 Å². The van der Waals surface area contributed by atoms with Gasteiger partial charge in [-0.15, -0.1) is 0 Å². The first-order valence-electron chi connectivity index (χ1n) is 4.48. The minimum Gasteiger partial charge on any atom is -0.400 e. The van der Waals surface area contributed by atoms with E-state index >= 15 is 0 Å². The van der Waals surface area contributed by atoms with Crippen LogP contribution in [-0.2, 0) is 8.85 Å². The Hall–Kier alpha value is 0.0969. The maximum Gasteiger partial charge on any atom is 0.325 e. The molecule has 0 aromatic heterocycles. The van der Waals surface area contributed by atoms with Crippen molar-refractivity contribution in [3.63, 3.8) is 0 Å². The summed E-state index contributed by atoms with van der Waals surface area (Å²) in [6, 6.07) is 0.182. The van der Waals surface area contributed by atoms with Crippen molar-refractivity contribution in [3.8, 4) is 0 Å². The van der Waals surface area contributed by atoms with Crippen LogP contribution in [0.4, 0.5) is 0 Å². The van der Waals surface area contributed by atoms with Gasteiger partial charge in [0.15, 0.2) is 0 Å². The van der Waals surface area contributed by atoms with Crippen molar-refractivity contribution in [2.24, 2.45) is 5.73 Å². The lowest BCUT2D eigenvalue weighted by molar-refractivity contribution is 0.256. The lowest BCUT2D eigenvalue weighted by Crippen LogP contribution is -2.37. The molecule has 74 valence electrons. The Bertz CT molecular complexity index is 107. The van der Waals surface area contributed by atoms with Gasteiger partial charge in [-0.2, -0.15) is 0 Å². The van der Waals surface area contributed by atoms with E-state index in [0.717, 1.165) is 12.8 Å². The van der Waals surface area contributed by atoms with E-state index in [-0.39, 0.29) is 6.04 Å². The second kappa shape index (κ2) is 6.60. The van der Waals surface area contributed by atoms with Crippen LogP contribution >= 0.6 is 0 Å². The zero-order valence-corrected chi connectivity index (χ0v) is 9.69. The van der Waals surface area contributed by atoms with Crippen LogP contribution in [0.2, 0.25) is 5.54 Å². The van der Waals surface area contributed by atoms with Gasteiger partial charge in [-0.1, -0.05) is 13.3 Å². The Morgan fingerprint density at radius 2 is 1.83 bits per heavy atom. The third-order valence-electron chi connectivity index (χ3n) is 2.11. The molecular formula is C8H21NO2Si. The molecule has 0 aromatic carbocycles. The molecule has 2 N–H and O–H groups in total. The Labute approximate surface area is 77.1 Å². The van der Waals surface area contributed by atoms with Crippen molar-refractivity contribution >= 4 is 9.28 Å². The molecule has 0 aliphatic carbocycles. The van der Waals surface area contributed by atoms with Gasteiger partial charge in [0.2, 0.25) is 0 Å². The smallest absolute Gasteiger partial charge is 0.325 e. The lowest BCUT2D eigenvalue weighted by Gasteiger charge is -2.25. The molecule has 0 aromatic rings. The SMILES string of the molecule is CCCC(C(C)N)[SiH](OC)OC. The van der Waals surface area contributed by atoms with Gasteiger partial charge in [0, 0.05) is 25.8 Å². The predicted molar refractivity (Wildman–Crippen MR) is 53.5 cm³/mol. The van der Waals surface area contributed by atoms with E-state index in [1.165, 1.54) is 0 Å². The first-order chi connectivity index (χ1) is 5.67. The molecule has 0 amide bonds. The van der Waals surface area contributed by atoms with Crippen molar-refractivity contribution in [2.75, 3.05) is 14.2 Å². The van der Waals surface area contributed by atoms with Crippen molar-refractivity contribution in [1.82, 2.24) is 0 Å². The van der Waals surface area contributed by atoms with Crippen LogP contribution in [0.1, 0.15) is 26.7 Å². The number of nitrogens with two attached hydrogens (primary N) is 1. The summed E-state index contributed by atoms with van der Waals surface area (Å²) in [6.07, 6.45) is 2.25. The molecule has 0 saturated carbocycles. The van der Waals surface area contributed by atoms with E-state index in [2.05, 4.69) is 6.92 Å². The van der Waals surface area contributed by atoms with Crippen LogP contribution in [0.25, 0.3) is 0 Å². The first kappa shape index (κ1) is 12.1. The van der Waals surface area contributed by atoms with Gasteiger partial charge >= 0.3 is 9.28 Å². The van der Waals surface area contributed by atoms with Crippen LogP contribution < -0.4 is 5.73 Å². The molecule has 4 heteroatoms. The molecule has 0 aliphatic heterocycles. The summed E-state index contributed by atoms with van der Waals surface area (Å²) < 4.78 is 10.6. The van der Waals surface area contributed by atoms with Crippen molar-refractivity contribution in [2.45, 2.75) is 38.3 Å². The summed E-state index contributed by atoms with van der Waals surface area (Å²) in [6.45, 7) is 4.19. The summed E-state index contributed by atoms with van der Waals surface area (Å²) in [7, 11) is 1.92. The van der Waals surface area contributed by atoms with Crippen LogP contribution in [0.15, 0.2) is 0 Å². The maximum atomic E-state index is 5.85. The Kier molecular flexibility index (Phi) is 6.65.